The van der Waals surface area contributed by atoms with E-state index in [0.29, 0.717) is 17.8 Å². The molecule has 1 fully saturated rings. The summed E-state index contributed by atoms with van der Waals surface area (Å²) < 4.78 is 83.9. The van der Waals surface area contributed by atoms with E-state index in [1.807, 2.05) is 0 Å². The molecule has 1 saturated carbocycles. The van der Waals surface area contributed by atoms with Gasteiger partial charge in [-0.15, -0.1) is 5.10 Å². The summed E-state index contributed by atoms with van der Waals surface area (Å²) >= 11 is 5.77. The van der Waals surface area contributed by atoms with Crippen LogP contribution in [0.2, 0.25) is 5.02 Å². The minimum atomic E-state index is -4.87. The van der Waals surface area contributed by atoms with E-state index < -0.39 is 33.3 Å². The van der Waals surface area contributed by atoms with Crippen LogP contribution in [0.3, 0.4) is 0 Å². The summed E-state index contributed by atoms with van der Waals surface area (Å²) in [6.45, 7) is 1.46. The molecular weight excluding hydrogens is 472 g/mol. The molecule has 0 saturated heterocycles. The molecule has 1 heterocycles. The molecule has 4 rings (SSSR count). The first-order valence-corrected chi connectivity index (χ1v) is 11.4. The fraction of sp³-hybridized carbons (Fsp3) is 0.300. The molecule has 6 nitrogen and oxygen atoms in total. The molecule has 1 aliphatic carbocycles. The highest BCUT2D eigenvalue weighted by Gasteiger charge is 2.34. The van der Waals surface area contributed by atoms with Gasteiger partial charge < -0.3 is 0 Å². The van der Waals surface area contributed by atoms with Gasteiger partial charge >= 0.3 is 6.18 Å². The Morgan fingerprint density at radius 3 is 2.44 bits per heavy atom. The summed E-state index contributed by atoms with van der Waals surface area (Å²) in [4.78, 5) is -0.235. The lowest BCUT2D eigenvalue weighted by Crippen LogP contribution is -2.18. The second-order valence-electron chi connectivity index (χ2n) is 7.53. The molecule has 12 heteroatoms. The number of benzene rings is 2. The highest BCUT2D eigenvalue weighted by Crippen LogP contribution is 2.41. The summed E-state index contributed by atoms with van der Waals surface area (Å²) in [5.41, 5.74) is -0.715. The van der Waals surface area contributed by atoms with Crippen LogP contribution in [0.5, 0.6) is 0 Å². The van der Waals surface area contributed by atoms with Crippen molar-refractivity contribution >= 4 is 27.3 Å². The van der Waals surface area contributed by atoms with Crippen LogP contribution in [-0.2, 0) is 22.7 Å². The van der Waals surface area contributed by atoms with Gasteiger partial charge in [-0.2, -0.15) is 13.2 Å². The number of rotatable bonds is 6. The Bertz CT molecular complexity index is 1270. The summed E-state index contributed by atoms with van der Waals surface area (Å²) in [5.74, 6) is -1.01. The number of sulfonamides is 1. The van der Waals surface area contributed by atoms with Gasteiger partial charge in [0.25, 0.3) is 10.0 Å². The van der Waals surface area contributed by atoms with E-state index in [0.717, 1.165) is 18.5 Å². The number of nitrogens with zero attached hydrogens (tertiary/aromatic N) is 3. The highest BCUT2D eigenvalue weighted by atomic mass is 35.5. The number of anilines is 1. The van der Waals surface area contributed by atoms with Gasteiger partial charge in [-0.25, -0.2) is 17.5 Å². The molecule has 1 aliphatic rings. The zero-order valence-corrected chi connectivity index (χ0v) is 18.2. The number of aryl methyl sites for hydroxylation is 1. The largest absolute Gasteiger partial charge is 0.416 e. The second kappa shape index (κ2) is 8.04. The Labute approximate surface area is 186 Å². The zero-order valence-electron chi connectivity index (χ0n) is 16.6. The first kappa shape index (κ1) is 22.5. The topological polar surface area (TPSA) is 76.9 Å². The molecule has 0 bridgehead atoms. The number of nitrogens with one attached hydrogen (secondary N) is 1. The molecule has 0 spiro atoms. The lowest BCUT2D eigenvalue weighted by molar-refractivity contribution is -0.137. The van der Waals surface area contributed by atoms with Gasteiger partial charge in [0, 0.05) is 16.5 Å². The van der Waals surface area contributed by atoms with E-state index in [4.69, 9.17) is 11.6 Å². The predicted octanol–water partition coefficient (Wildman–Crippen LogP) is 5.12. The molecule has 170 valence electrons. The number of halogens is 5. The van der Waals surface area contributed by atoms with Gasteiger partial charge in [-0.3, -0.25) is 4.72 Å². The number of hydrogen-bond donors (Lipinski definition) is 1. The van der Waals surface area contributed by atoms with Crippen molar-refractivity contribution in [3.63, 3.8) is 0 Å². The van der Waals surface area contributed by atoms with Crippen LogP contribution in [0.15, 0.2) is 41.3 Å². The van der Waals surface area contributed by atoms with Crippen molar-refractivity contribution in [2.24, 2.45) is 0 Å². The number of alkyl halides is 3. The van der Waals surface area contributed by atoms with Crippen LogP contribution in [0, 0.1) is 12.7 Å². The van der Waals surface area contributed by atoms with Crippen LogP contribution in [-0.4, -0.2) is 23.4 Å². The van der Waals surface area contributed by atoms with Crippen molar-refractivity contribution < 1.29 is 26.0 Å². The van der Waals surface area contributed by atoms with Crippen molar-refractivity contribution in [2.45, 2.75) is 43.3 Å². The maximum absolute atomic E-state index is 14.9. The Morgan fingerprint density at radius 1 is 1.19 bits per heavy atom. The average molecular weight is 489 g/mol. The number of hydrogen-bond acceptors (Lipinski definition) is 4. The van der Waals surface area contributed by atoms with Crippen molar-refractivity contribution in [2.75, 3.05) is 4.72 Å². The fourth-order valence-electron chi connectivity index (χ4n) is 3.41. The summed E-state index contributed by atoms with van der Waals surface area (Å²) in [6, 6.07) is 5.96. The highest BCUT2D eigenvalue weighted by molar-refractivity contribution is 7.92. The molecule has 1 N–H and O–H groups in total. The zero-order chi connectivity index (χ0) is 23.3. The SMILES string of the molecule is Cc1nnn(Cc2c(F)cc(C(F)(F)F)cc2NS(=O)(=O)c2ccc(Cl)cc2)c1C1CC1. The smallest absolute Gasteiger partial charge is 0.279 e. The third-order valence-corrected chi connectivity index (χ3v) is 6.75. The molecule has 0 atom stereocenters. The molecular formula is C20H17ClF4N4O2S. The van der Waals surface area contributed by atoms with Crippen LogP contribution < -0.4 is 4.72 Å². The van der Waals surface area contributed by atoms with E-state index in [9.17, 15) is 26.0 Å². The Kier molecular flexibility index (Phi) is 5.66. The summed E-state index contributed by atoms with van der Waals surface area (Å²) in [6.07, 6.45) is -3.07. The van der Waals surface area contributed by atoms with Crippen molar-refractivity contribution in [1.29, 1.82) is 0 Å². The maximum atomic E-state index is 14.9. The van der Waals surface area contributed by atoms with Crippen LogP contribution in [0.4, 0.5) is 23.2 Å². The quantitative estimate of drug-likeness (QED) is 0.488. The molecule has 1 aromatic heterocycles. The first-order valence-electron chi connectivity index (χ1n) is 9.53. The van der Waals surface area contributed by atoms with Crippen LogP contribution in [0.1, 0.15) is 41.3 Å². The molecule has 0 aliphatic heterocycles. The Balaban J connectivity index is 1.79. The van der Waals surface area contributed by atoms with Gasteiger partial charge in [-0.05, 0) is 56.2 Å². The molecule has 2 aromatic carbocycles. The summed E-state index contributed by atoms with van der Waals surface area (Å²) in [7, 11) is -4.32. The Hall–Kier alpha value is -2.66. The molecule has 32 heavy (non-hydrogen) atoms. The van der Waals surface area contributed by atoms with Crippen molar-refractivity contribution in [3.05, 3.63) is 69.8 Å². The second-order valence-corrected chi connectivity index (χ2v) is 9.65. The van der Waals surface area contributed by atoms with E-state index >= 15 is 0 Å². The minimum Gasteiger partial charge on any atom is -0.279 e. The third kappa shape index (κ3) is 4.58. The van der Waals surface area contributed by atoms with Gasteiger partial charge in [0.05, 0.1) is 34.1 Å². The van der Waals surface area contributed by atoms with Gasteiger partial charge in [0.2, 0.25) is 0 Å². The van der Waals surface area contributed by atoms with Gasteiger partial charge in [-0.1, -0.05) is 16.8 Å². The third-order valence-electron chi connectivity index (χ3n) is 5.11. The molecule has 0 amide bonds. The van der Waals surface area contributed by atoms with E-state index in [-0.39, 0.29) is 27.9 Å². The van der Waals surface area contributed by atoms with Crippen molar-refractivity contribution in [3.8, 4) is 0 Å². The average Bonchev–Trinajstić information content (AvgIpc) is 3.46. The van der Waals surface area contributed by atoms with Crippen LogP contribution >= 0.6 is 11.6 Å². The lowest BCUT2D eigenvalue weighted by atomic mass is 10.1. The molecule has 0 radical (unpaired) electrons. The monoisotopic (exact) mass is 488 g/mol. The fourth-order valence-corrected chi connectivity index (χ4v) is 4.62. The van der Waals surface area contributed by atoms with E-state index in [2.05, 4.69) is 15.0 Å². The summed E-state index contributed by atoms with van der Waals surface area (Å²) in [5, 5.41) is 8.24. The number of aromatic nitrogens is 3. The standard InChI is InChI=1S/C20H17ClF4N4O2S/c1-11-19(12-2-3-12)29(28-26-11)10-16-17(22)8-13(20(23,24)25)9-18(16)27-32(30,31)15-6-4-14(21)5-7-15/h4-9,12,27H,2-3,10H2,1H3. The van der Waals surface area contributed by atoms with Crippen molar-refractivity contribution in [1.82, 2.24) is 15.0 Å². The predicted molar refractivity (Wildman–Crippen MR) is 109 cm³/mol. The minimum absolute atomic E-state index is 0.191. The first-order chi connectivity index (χ1) is 15.0. The molecule has 3 aromatic rings. The van der Waals surface area contributed by atoms with E-state index in [1.54, 1.807) is 6.92 Å². The van der Waals surface area contributed by atoms with Gasteiger partial charge in [0.15, 0.2) is 0 Å². The lowest BCUT2D eigenvalue weighted by Gasteiger charge is -2.17. The Morgan fingerprint density at radius 2 is 1.84 bits per heavy atom. The molecule has 0 unspecified atom stereocenters. The normalized spacial score (nSPS) is 14.6. The van der Waals surface area contributed by atoms with Gasteiger partial charge in [0.1, 0.15) is 5.82 Å². The van der Waals surface area contributed by atoms with E-state index in [1.165, 1.54) is 28.9 Å². The van der Waals surface area contributed by atoms with Crippen LogP contribution in [0.25, 0.3) is 0 Å². The maximum Gasteiger partial charge on any atom is 0.416 e.